The zero-order valence-corrected chi connectivity index (χ0v) is 14.4. The van der Waals surface area contributed by atoms with Crippen LogP contribution in [0, 0.1) is 6.92 Å². The van der Waals surface area contributed by atoms with E-state index in [4.69, 9.17) is 9.47 Å². The predicted molar refractivity (Wildman–Crippen MR) is 96.0 cm³/mol. The number of unbranched alkanes of at least 4 members (excludes halogenated alkanes) is 1. The van der Waals surface area contributed by atoms with Crippen LogP contribution in [0.1, 0.15) is 35.8 Å². The van der Waals surface area contributed by atoms with Gasteiger partial charge < -0.3 is 9.47 Å². The number of hydrogen-bond acceptors (Lipinski definition) is 5. The van der Waals surface area contributed by atoms with E-state index < -0.39 is 0 Å². The molecule has 128 valence electrons. The average molecular weight is 336 g/mol. The Morgan fingerprint density at radius 3 is 2.44 bits per heavy atom. The molecular formula is C20H20N2O3. The first kappa shape index (κ1) is 16.9. The molecule has 3 aromatic rings. The molecule has 3 rings (SSSR count). The molecule has 0 saturated carbocycles. The normalized spacial score (nSPS) is 10.6. The number of carbonyl (C=O) groups is 1. The molecule has 0 amide bonds. The fourth-order valence-electron chi connectivity index (χ4n) is 2.45. The number of nitrogens with zero attached hydrogens (tertiary/aromatic N) is 2. The van der Waals surface area contributed by atoms with Crippen LogP contribution in [0.4, 0.5) is 0 Å². The third kappa shape index (κ3) is 3.94. The molecule has 2 aromatic carbocycles. The van der Waals surface area contributed by atoms with Crippen molar-refractivity contribution in [2.24, 2.45) is 0 Å². The van der Waals surface area contributed by atoms with Crippen molar-refractivity contribution >= 4 is 16.7 Å². The van der Waals surface area contributed by atoms with E-state index in [-0.39, 0.29) is 5.97 Å². The van der Waals surface area contributed by atoms with E-state index in [1.807, 2.05) is 31.2 Å². The zero-order chi connectivity index (χ0) is 17.6. The lowest BCUT2D eigenvalue weighted by atomic mass is 10.1. The fraction of sp³-hybridized carbons (Fsp3) is 0.250. The van der Waals surface area contributed by atoms with E-state index in [0.29, 0.717) is 23.8 Å². The molecule has 0 radical (unpaired) electrons. The highest BCUT2D eigenvalue weighted by Gasteiger charge is 2.10. The van der Waals surface area contributed by atoms with Gasteiger partial charge in [0.15, 0.2) is 0 Å². The van der Waals surface area contributed by atoms with E-state index >= 15 is 0 Å². The minimum atomic E-state index is -0.319. The molecule has 0 N–H and O–H groups in total. The minimum Gasteiger partial charge on any atom is -0.462 e. The highest BCUT2D eigenvalue weighted by Crippen LogP contribution is 2.28. The lowest BCUT2D eigenvalue weighted by molar-refractivity contribution is 0.0499. The van der Waals surface area contributed by atoms with Crippen LogP contribution in [-0.4, -0.2) is 22.8 Å². The average Bonchev–Trinajstić information content (AvgIpc) is 2.65. The Labute approximate surface area is 146 Å². The molecule has 5 heteroatoms. The number of hydrogen-bond donors (Lipinski definition) is 0. The van der Waals surface area contributed by atoms with Gasteiger partial charge >= 0.3 is 5.97 Å². The highest BCUT2D eigenvalue weighted by molar-refractivity contribution is 5.90. The van der Waals surface area contributed by atoms with Gasteiger partial charge in [-0.25, -0.2) is 4.79 Å². The van der Waals surface area contributed by atoms with Crippen LogP contribution in [0.2, 0.25) is 0 Å². The Morgan fingerprint density at radius 2 is 1.72 bits per heavy atom. The van der Waals surface area contributed by atoms with Gasteiger partial charge in [0.2, 0.25) is 5.88 Å². The lowest BCUT2D eigenvalue weighted by Crippen LogP contribution is -2.06. The molecule has 0 unspecified atom stereocenters. The molecule has 0 aliphatic carbocycles. The summed E-state index contributed by atoms with van der Waals surface area (Å²) in [6.45, 7) is 4.41. The number of aryl methyl sites for hydroxylation is 1. The summed E-state index contributed by atoms with van der Waals surface area (Å²) in [7, 11) is 0. The molecule has 0 fully saturated rings. The van der Waals surface area contributed by atoms with Crippen molar-refractivity contribution in [3.05, 3.63) is 59.8 Å². The summed E-state index contributed by atoms with van der Waals surface area (Å²) in [5.74, 6) is 0.716. The monoisotopic (exact) mass is 336 g/mol. The van der Waals surface area contributed by atoms with E-state index in [2.05, 4.69) is 17.1 Å². The molecule has 0 aliphatic heterocycles. The molecule has 1 heterocycles. The maximum Gasteiger partial charge on any atom is 0.338 e. The van der Waals surface area contributed by atoms with Gasteiger partial charge in [0, 0.05) is 10.8 Å². The Morgan fingerprint density at radius 1 is 1.00 bits per heavy atom. The SMILES string of the molecule is CCCCOC(=O)c1ccc(Oc2nnc(C)c3ccccc23)cc1. The number of esters is 1. The van der Waals surface area contributed by atoms with E-state index in [9.17, 15) is 4.79 Å². The summed E-state index contributed by atoms with van der Waals surface area (Å²) in [4.78, 5) is 11.9. The van der Waals surface area contributed by atoms with Crippen LogP contribution in [0.5, 0.6) is 11.6 Å². The zero-order valence-electron chi connectivity index (χ0n) is 14.4. The molecule has 0 saturated heterocycles. The van der Waals surface area contributed by atoms with Gasteiger partial charge in [-0.1, -0.05) is 31.5 Å². The predicted octanol–water partition coefficient (Wildman–Crippen LogP) is 4.69. The molecule has 0 atom stereocenters. The molecule has 0 spiro atoms. The fourth-order valence-corrected chi connectivity index (χ4v) is 2.45. The molecule has 25 heavy (non-hydrogen) atoms. The number of benzene rings is 2. The van der Waals surface area contributed by atoms with Gasteiger partial charge in [0.05, 0.1) is 17.9 Å². The standard InChI is InChI=1S/C20H20N2O3/c1-3-4-13-24-20(23)15-9-11-16(12-10-15)25-19-18-8-6-5-7-17(18)14(2)21-22-19/h5-12H,3-4,13H2,1-2H3. The third-order valence-electron chi connectivity index (χ3n) is 3.87. The first-order valence-corrected chi connectivity index (χ1v) is 8.36. The van der Waals surface area contributed by atoms with Crippen molar-refractivity contribution in [1.82, 2.24) is 10.2 Å². The quantitative estimate of drug-likeness (QED) is 0.483. The van der Waals surface area contributed by atoms with Crippen molar-refractivity contribution in [2.45, 2.75) is 26.7 Å². The largest absolute Gasteiger partial charge is 0.462 e. The van der Waals surface area contributed by atoms with Crippen LogP contribution in [0.25, 0.3) is 10.8 Å². The van der Waals surface area contributed by atoms with Crippen molar-refractivity contribution < 1.29 is 14.3 Å². The van der Waals surface area contributed by atoms with Crippen molar-refractivity contribution in [3.63, 3.8) is 0 Å². The summed E-state index contributed by atoms with van der Waals surface area (Å²) in [5, 5.41) is 10.2. The first-order valence-electron chi connectivity index (χ1n) is 8.36. The Bertz CT molecular complexity index is 876. The number of aromatic nitrogens is 2. The summed E-state index contributed by atoms with van der Waals surface area (Å²) >= 11 is 0. The summed E-state index contributed by atoms with van der Waals surface area (Å²) in [5.41, 5.74) is 1.36. The van der Waals surface area contributed by atoms with Gasteiger partial charge in [0.1, 0.15) is 5.75 Å². The Hall–Kier alpha value is -2.95. The van der Waals surface area contributed by atoms with Crippen molar-refractivity contribution in [3.8, 4) is 11.6 Å². The number of ether oxygens (including phenoxy) is 2. The first-order chi connectivity index (χ1) is 12.2. The second-order valence-corrected chi connectivity index (χ2v) is 5.75. The van der Waals surface area contributed by atoms with Gasteiger partial charge in [0.25, 0.3) is 0 Å². The molecule has 5 nitrogen and oxygen atoms in total. The summed E-state index contributed by atoms with van der Waals surface area (Å²) in [6.07, 6.45) is 1.86. The molecule has 0 aliphatic rings. The smallest absolute Gasteiger partial charge is 0.338 e. The van der Waals surface area contributed by atoms with Crippen LogP contribution < -0.4 is 4.74 Å². The van der Waals surface area contributed by atoms with Gasteiger partial charge in [-0.15, -0.1) is 5.10 Å². The summed E-state index contributed by atoms with van der Waals surface area (Å²) in [6, 6.07) is 14.7. The molecule has 0 bridgehead atoms. The van der Waals surface area contributed by atoms with Gasteiger partial charge in [-0.2, -0.15) is 5.10 Å². The van der Waals surface area contributed by atoms with Crippen LogP contribution >= 0.6 is 0 Å². The topological polar surface area (TPSA) is 61.3 Å². The maximum absolute atomic E-state index is 11.9. The van der Waals surface area contributed by atoms with Crippen LogP contribution in [0.15, 0.2) is 48.5 Å². The molecular weight excluding hydrogens is 316 g/mol. The highest BCUT2D eigenvalue weighted by atomic mass is 16.5. The number of rotatable bonds is 6. The van der Waals surface area contributed by atoms with Crippen LogP contribution in [0.3, 0.4) is 0 Å². The van der Waals surface area contributed by atoms with E-state index in [0.717, 1.165) is 29.3 Å². The molecule has 1 aromatic heterocycles. The second-order valence-electron chi connectivity index (χ2n) is 5.75. The summed E-state index contributed by atoms with van der Waals surface area (Å²) < 4.78 is 11.0. The number of fused-ring (bicyclic) bond motifs is 1. The Kier molecular flexibility index (Phi) is 5.23. The number of carbonyl (C=O) groups excluding carboxylic acids is 1. The Balaban J connectivity index is 1.76. The van der Waals surface area contributed by atoms with E-state index in [1.54, 1.807) is 24.3 Å². The van der Waals surface area contributed by atoms with Crippen molar-refractivity contribution in [1.29, 1.82) is 0 Å². The lowest BCUT2D eigenvalue weighted by Gasteiger charge is -2.09. The van der Waals surface area contributed by atoms with Gasteiger partial charge in [-0.3, -0.25) is 0 Å². The maximum atomic E-state index is 11.9. The van der Waals surface area contributed by atoms with Crippen molar-refractivity contribution in [2.75, 3.05) is 6.61 Å². The third-order valence-corrected chi connectivity index (χ3v) is 3.87. The minimum absolute atomic E-state index is 0.319. The van der Waals surface area contributed by atoms with Crippen LogP contribution in [-0.2, 0) is 4.74 Å². The van der Waals surface area contributed by atoms with E-state index in [1.165, 1.54) is 0 Å². The van der Waals surface area contributed by atoms with Gasteiger partial charge in [-0.05, 0) is 43.7 Å². The second kappa shape index (κ2) is 7.75.